The van der Waals surface area contributed by atoms with Crippen molar-refractivity contribution in [3.05, 3.63) is 29.8 Å². The second kappa shape index (κ2) is 5.54. The third-order valence-corrected chi connectivity index (χ3v) is 4.68. The summed E-state index contributed by atoms with van der Waals surface area (Å²) in [5.41, 5.74) is 3.18. The van der Waals surface area contributed by atoms with Gasteiger partial charge in [-0.2, -0.15) is 0 Å². The average molecular weight is 260 g/mol. The number of nitrogens with zero attached hydrogens (tertiary/aromatic N) is 1. The summed E-state index contributed by atoms with van der Waals surface area (Å²) in [6.07, 6.45) is 1.24. The van der Waals surface area contributed by atoms with Crippen molar-refractivity contribution in [1.29, 1.82) is 0 Å². The van der Waals surface area contributed by atoms with E-state index in [4.69, 9.17) is 0 Å². The molecule has 0 fully saturated rings. The first-order chi connectivity index (χ1) is 8.89. The van der Waals surface area contributed by atoms with E-state index in [1.54, 1.807) is 0 Å². The molecule has 1 N–H and O–H groups in total. The molecule has 0 spiro atoms. The van der Waals surface area contributed by atoms with E-state index in [9.17, 15) is 0 Å². The minimum absolute atomic E-state index is 0.348. The number of nitrogens with one attached hydrogen (secondary N) is 1. The lowest BCUT2D eigenvalue weighted by Gasteiger charge is -2.35. The van der Waals surface area contributed by atoms with Crippen molar-refractivity contribution in [2.24, 2.45) is 5.41 Å². The highest BCUT2D eigenvalue weighted by atomic mass is 15.1. The molecule has 2 heteroatoms. The van der Waals surface area contributed by atoms with Crippen molar-refractivity contribution in [2.45, 2.75) is 46.1 Å². The van der Waals surface area contributed by atoms with Crippen LogP contribution in [0.1, 0.15) is 45.6 Å². The van der Waals surface area contributed by atoms with Crippen molar-refractivity contribution in [3.8, 4) is 0 Å². The van der Waals surface area contributed by atoms with Gasteiger partial charge in [-0.15, -0.1) is 0 Å². The van der Waals surface area contributed by atoms with Gasteiger partial charge in [0.25, 0.3) is 0 Å². The van der Waals surface area contributed by atoms with Crippen molar-refractivity contribution < 1.29 is 0 Å². The molecular weight excluding hydrogens is 232 g/mol. The molecule has 2 unspecified atom stereocenters. The Labute approximate surface area is 118 Å². The van der Waals surface area contributed by atoms with Crippen molar-refractivity contribution in [2.75, 3.05) is 25.5 Å². The summed E-state index contributed by atoms with van der Waals surface area (Å²) in [5, 5.41) is 3.51. The Bertz CT molecular complexity index is 420. The highest BCUT2D eigenvalue weighted by molar-refractivity contribution is 5.57. The van der Waals surface area contributed by atoms with E-state index in [1.165, 1.54) is 24.2 Å². The first-order valence-corrected chi connectivity index (χ1v) is 7.42. The van der Waals surface area contributed by atoms with Crippen LogP contribution in [-0.4, -0.2) is 31.1 Å². The van der Waals surface area contributed by atoms with E-state index in [0.29, 0.717) is 17.4 Å². The monoisotopic (exact) mass is 260 g/mol. The molecule has 0 saturated carbocycles. The molecule has 1 aliphatic heterocycles. The Morgan fingerprint density at radius 3 is 2.68 bits per heavy atom. The fourth-order valence-electron chi connectivity index (χ4n) is 2.83. The zero-order valence-electron chi connectivity index (χ0n) is 13.0. The fourth-order valence-corrected chi connectivity index (χ4v) is 2.83. The number of hydrogen-bond acceptors (Lipinski definition) is 2. The highest BCUT2D eigenvalue weighted by Crippen LogP contribution is 2.33. The van der Waals surface area contributed by atoms with Crippen LogP contribution in [0.2, 0.25) is 0 Å². The van der Waals surface area contributed by atoms with Crippen molar-refractivity contribution >= 4 is 5.69 Å². The summed E-state index contributed by atoms with van der Waals surface area (Å²) in [7, 11) is 2.25. The van der Waals surface area contributed by atoms with E-state index in [1.807, 2.05) is 0 Å². The van der Waals surface area contributed by atoms with Gasteiger partial charge >= 0.3 is 0 Å². The van der Waals surface area contributed by atoms with Gasteiger partial charge in [-0.1, -0.05) is 39.0 Å². The van der Waals surface area contributed by atoms with Crippen LogP contribution < -0.4 is 5.32 Å². The molecule has 1 aromatic carbocycles. The van der Waals surface area contributed by atoms with Gasteiger partial charge in [-0.25, -0.2) is 0 Å². The summed E-state index contributed by atoms with van der Waals surface area (Å²) in [4.78, 5) is 2.50. The third-order valence-electron chi connectivity index (χ3n) is 4.68. The lowest BCUT2D eigenvalue weighted by Crippen LogP contribution is -2.40. The zero-order chi connectivity index (χ0) is 14.0. The van der Waals surface area contributed by atoms with Crippen LogP contribution >= 0.6 is 0 Å². The van der Waals surface area contributed by atoms with Crippen LogP contribution in [0.4, 0.5) is 5.69 Å². The van der Waals surface area contributed by atoms with Crippen molar-refractivity contribution in [3.63, 3.8) is 0 Å². The maximum absolute atomic E-state index is 3.51. The molecule has 2 nitrogen and oxygen atoms in total. The zero-order valence-corrected chi connectivity index (χ0v) is 13.0. The van der Waals surface area contributed by atoms with Gasteiger partial charge in [0, 0.05) is 24.2 Å². The normalized spacial score (nSPS) is 20.2. The van der Waals surface area contributed by atoms with Gasteiger partial charge < -0.3 is 10.2 Å². The van der Waals surface area contributed by atoms with Crippen LogP contribution in [0.15, 0.2) is 24.3 Å². The van der Waals surface area contributed by atoms with Crippen LogP contribution in [-0.2, 0) is 0 Å². The second-order valence-electron chi connectivity index (χ2n) is 6.98. The summed E-state index contributed by atoms with van der Waals surface area (Å²) >= 11 is 0. The number of fused-ring (bicyclic) bond motifs is 1. The summed E-state index contributed by atoms with van der Waals surface area (Å²) < 4.78 is 0. The highest BCUT2D eigenvalue weighted by Gasteiger charge is 2.26. The second-order valence-corrected chi connectivity index (χ2v) is 6.98. The first kappa shape index (κ1) is 14.4. The summed E-state index contributed by atoms with van der Waals surface area (Å²) in [6.45, 7) is 11.6. The molecule has 19 heavy (non-hydrogen) atoms. The van der Waals surface area contributed by atoms with Gasteiger partial charge in [0.15, 0.2) is 0 Å². The van der Waals surface area contributed by atoms with Crippen LogP contribution in [0.25, 0.3) is 0 Å². The molecule has 1 heterocycles. The molecule has 0 radical (unpaired) electrons. The number of para-hydroxylation sites is 1. The minimum atomic E-state index is 0.348. The number of hydrogen-bond donors (Lipinski definition) is 1. The smallest absolute Gasteiger partial charge is 0.0376 e. The van der Waals surface area contributed by atoms with Crippen molar-refractivity contribution in [1.82, 2.24) is 4.90 Å². The Hall–Kier alpha value is -1.02. The van der Waals surface area contributed by atoms with Gasteiger partial charge in [-0.3, -0.25) is 0 Å². The molecule has 0 bridgehead atoms. The van der Waals surface area contributed by atoms with Crippen LogP contribution in [0, 0.1) is 5.41 Å². The molecule has 2 rings (SSSR count). The summed E-state index contributed by atoms with van der Waals surface area (Å²) in [5.74, 6) is 0.672. The lowest BCUT2D eigenvalue weighted by atomic mass is 9.87. The molecule has 106 valence electrons. The predicted octanol–water partition coefficient (Wildman–Crippen LogP) is 3.95. The maximum Gasteiger partial charge on any atom is 0.0376 e. The Kier molecular flexibility index (Phi) is 4.19. The predicted molar refractivity (Wildman–Crippen MR) is 83.8 cm³/mol. The lowest BCUT2D eigenvalue weighted by molar-refractivity contribution is 0.138. The van der Waals surface area contributed by atoms with Gasteiger partial charge in [0.05, 0.1) is 0 Å². The Morgan fingerprint density at radius 2 is 2.00 bits per heavy atom. The molecule has 1 aliphatic rings. The topological polar surface area (TPSA) is 15.3 Å². The van der Waals surface area contributed by atoms with Gasteiger partial charge in [0.1, 0.15) is 0 Å². The average Bonchev–Trinajstić information content (AvgIpc) is 2.77. The quantitative estimate of drug-likeness (QED) is 0.881. The summed E-state index contributed by atoms with van der Waals surface area (Å²) in [6, 6.07) is 9.34. The number of benzene rings is 1. The Morgan fingerprint density at radius 1 is 1.32 bits per heavy atom. The number of anilines is 1. The third kappa shape index (κ3) is 3.30. The van der Waals surface area contributed by atoms with Crippen LogP contribution in [0.3, 0.4) is 0 Å². The molecule has 0 aliphatic carbocycles. The molecule has 2 atom stereocenters. The molecule has 0 amide bonds. The molecule has 0 saturated heterocycles. The van der Waals surface area contributed by atoms with E-state index in [0.717, 1.165) is 6.54 Å². The fraction of sp³-hybridized carbons (Fsp3) is 0.647. The Balaban J connectivity index is 1.91. The first-order valence-electron chi connectivity index (χ1n) is 7.42. The number of rotatable bonds is 4. The van der Waals surface area contributed by atoms with Crippen LogP contribution in [0.5, 0.6) is 0 Å². The SMILES string of the molecule is CC(N(C)CCC1CNc2ccccc21)C(C)(C)C. The maximum atomic E-state index is 3.51. The van der Waals surface area contributed by atoms with E-state index in [2.05, 4.69) is 69.2 Å². The van der Waals surface area contributed by atoms with Gasteiger partial charge in [0.2, 0.25) is 0 Å². The largest absolute Gasteiger partial charge is 0.384 e. The van der Waals surface area contributed by atoms with E-state index in [-0.39, 0.29) is 0 Å². The van der Waals surface area contributed by atoms with E-state index >= 15 is 0 Å². The molecular formula is C17H28N2. The minimum Gasteiger partial charge on any atom is -0.384 e. The van der Waals surface area contributed by atoms with Gasteiger partial charge in [-0.05, 0) is 44.0 Å². The molecule has 0 aromatic heterocycles. The van der Waals surface area contributed by atoms with E-state index < -0.39 is 0 Å². The standard InChI is InChI=1S/C17H28N2/c1-13(17(2,3)4)19(5)11-10-14-12-18-16-9-7-6-8-15(14)16/h6-9,13-14,18H,10-12H2,1-5H3. The molecule has 1 aromatic rings.